The molecule has 0 aromatic heterocycles. The number of ether oxygens (including phenoxy) is 1. The highest BCUT2D eigenvalue weighted by Crippen LogP contribution is 2.20. The Morgan fingerprint density at radius 3 is 2.36 bits per heavy atom. The van der Waals surface area contributed by atoms with Crippen LogP contribution in [0.2, 0.25) is 0 Å². The summed E-state index contributed by atoms with van der Waals surface area (Å²) in [5.41, 5.74) is 5.72. The summed E-state index contributed by atoms with van der Waals surface area (Å²) in [7, 11) is 0. The minimum atomic E-state index is -0.894. The first kappa shape index (κ1) is 13.7. The van der Waals surface area contributed by atoms with Gasteiger partial charge in [0.15, 0.2) is 6.10 Å². The van der Waals surface area contributed by atoms with Crippen LogP contribution in [0.1, 0.15) is 32.6 Å². The monoisotopic (exact) mass is 223 g/mol. The molecule has 0 spiro atoms. The fourth-order valence-corrected chi connectivity index (χ4v) is 1.57. The molecule has 84 valence electrons. The zero-order valence-corrected chi connectivity index (χ0v) is 9.13. The maximum atomic E-state index is 10.5. The molecule has 1 unspecified atom stereocenters. The molecule has 1 aliphatic rings. The third-order valence-corrected chi connectivity index (χ3v) is 2.46. The van der Waals surface area contributed by atoms with Gasteiger partial charge in [0.05, 0.1) is 6.10 Å². The molecule has 0 heterocycles. The standard InChI is InChI=1S/C9H17NO3.ClH/c1-6(9(11)12)13-8-4-2-7(10)3-5-8;/h6-8H,2-5,10H2,1H3,(H,11,12);1H/t6?,7-,8-;. The largest absolute Gasteiger partial charge is 0.479 e. The molecule has 0 aliphatic heterocycles. The van der Waals surface area contributed by atoms with Crippen molar-refractivity contribution < 1.29 is 14.6 Å². The molecule has 0 bridgehead atoms. The Kier molecular flexibility index (Phi) is 6.08. The van der Waals surface area contributed by atoms with Crippen LogP contribution in [0.15, 0.2) is 0 Å². The minimum absolute atomic E-state index is 0. The summed E-state index contributed by atoms with van der Waals surface area (Å²) in [6.07, 6.45) is 3.05. The zero-order chi connectivity index (χ0) is 9.84. The van der Waals surface area contributed by atoms with E-state index in [0.717, 1.165) is 25.7 Å². The van der Waals surface area contributed by atoms with Gasteiger partial charge in [-0.3, -0.25) is 0 Å². The summed E-state index contributed by atoms with van der Waals surface area (Å²) in [5, 5.41) is 8.61. The molecule has 1 rings (SSSR count). The highest BCUT2D eigenvalue weighted by atomic mass is 35.5. The number of nitrogens with two attached hydrogens (primary N) is 1. The highest BCUT2D eigenvalue weighted by molar-refractivity contribution is 5.85. The summed E-state index contributed by atoms with van der Waals surface area (Å²) in [6.45, 7) is 1.57. The molecule has 1 saturated carbocycles. The van der Waals surface area contributed by atoms with Crippen LogP contribution < -0.4 is 5.73 Å². The minimum Gasteiger partial charge on any atom is -0.479 e. The third-order valence-electron chi connectivity index (χ3n) is 2.46. The van der Waals surface area contributed by atoms with E-state index in [-0.39, 0.29) is 24.6 Å². The fraction of sp³-hybridized carbons (Fsp3) is 0.889. The second-order valence-electron chi connectivity index (χ2n) is 3.65. The van der Waals surface area contributed by atoms with E-state index in [4.69, 9.17) is 15.6 Å². The van der Waals surface area contributed by atoms with Gasteiger partial charge in [0, 0.05) is 6.04 Å². The van der Waals surface area contributed by atoms with E-state index in [0.29, 0.717) is 0 Å². The van der Waals surface area contributed by atoms with Crippen molar-refractivity contribution in [2.45, 2.75) is 50.9 Å². The van der Waals surface area contributed by atoms with Crippen molar-refractivity contribution >= 4 is 18.4 Å². The van der Waals surface area contributed by atoms with Crippen molar-refractivity contribution in [3.63, 3.8) is 0 Å². The number of hydrogen-bond donors (Lipinski definition) is 2. The van der Waals surface area contributed by atoms with Crippen LogP contribution in [0.5, 0.6) is 0 Å². The van der Waals surface area contributed by atoms with Crippen molar-refractivity contribution in [2.24, 2.45) is 5.73 Å². The fourth-order valence-electron chi connectivity index (χ4n) is 1.57. The van der Waals surface area contributed by atoms with E-state index < -0.39 is 12.1 Å². The molecule has 0 aromatic rings. The lowest BCUT2D eigenvalue weighted by Crippen LogP contribution is -2.34. The van der Waals surface area contributed by atoms with Crippen molar-refractivity contribution in [1.29, 1.82) is 0 Å². The number of rotatable bonds is 3. The predicted octanol–water partition coefficient (Wildman–Crippen LogP) is 1.17. The van der Waals surface area contributed by atoms with E-state index in [1.165, 1.54) is 0 Å². The van der Waals surface area contributed by atoms with Crippen molar-refractivity contribution in [3.8, 4) is 0 Å². The van der Waals surface area contributed by atoms with Gasteiger partial charge >= 0.3 is 5.97 Å². The Morgan fingerprint density at radius 2 is 1.93 bits per heavy atom. The van der Waals surface area contributed by atoms with Crippen LogP contribution in [0, 0.1) is 0 Å². The second kappa shape index (κ2) is 6.22. The van der Waals surface area contributed by atoms with E-state index in [9.17, 15) is 4.79 Å². The molecule has 1 fully saturated rings. The molecule has 5 heteroatoms. The van der Waals surface area contributed by atoms with Gasteiger partial charge in [0.2, 0.25) is 0 Å². The Balaban J connectivity index is 0.00000169. The number of aliphatic carboxylic acids is 1. The van der Waals surface area contributed by atoms with Crippen LogP contribution in [0.4, 0.5) is 0 Å². The predicted molar refractivity (Wildman–Crippen MR) is 55.7 cm³/mol. The molecular formula is C9H18ClNO3. The molecule has 0 amide bonds. The molecule has 3 N–H and O–H groups in total. The van der Waals surface area contributed by atoms with Gasteiger partial charge in [-0.25, -0.2) is 4.79 Å². The lowest BCUT2D eigenvalue weighted by Gasteiger charge is -2.27. The van der Waals surface area contributed by atoms with Gasteiger partial charge < -0.3 is 15.6 Å². The number of carboxylic acid groups (broad SMARTS) is 1. The van der Waals surface area contributed by atoms with Crippen LogP contribution in [-0.2, 0) is 9.53 Å². The molecule has 1 atom stereocenters. The summed E-state index contributed by atoms with van der Waals surface area (Å²) in [4.78, 5) is 10.5. The summed E-state index contributed by atoms with van der Waals surface area (Å²) < 4.78 is 5.35. The molecule has 1 aliphatic carbocycles. The van der Waals surface area contributed by atoms with Crippen molar-refractivity contribution in [2.75, 3.05) is 0 Å². The van der Waals surface area contributed by atoms with Gasteiger partial charge in [0.1, 0.15) is 0 Å². The topological polar surface area (TPSA) is 72.5 Å². The molecule has 0 radical (unpaired) electrons. The SMILES string of the molecule is CC(O[C@H]1CC[C@H](N)CC1)C(=O)O.Cl. The van der Waals surface area contributed by atoms with Crippen LogP contribution in [-0.4, -0.2) is 29.3 Å². The second-order valence-corrected chi connectivity index (χ2v) is 3.65. The zero-order valence-electron chi connectivity index (χ0n) is 8.31. The normalized spacial score (nSPS) is 29.0. The number of carboxylic acids is 1. The Morgan fingerprint density at radius 1 is 1.43 bits per heavy atom. The van der Waals surface area contributed by atoms with Gasteiger partial charge in [0.25, 0.3) is 0 Å². The van der Waals surface area contributed by atoms with E-state index in [2.05, 4.69) is 0 Å². The summed E-state index contributed by atoms with van der Waals surface area (Å²) in [5.74, 6) is -0.894. The molecule has 14 heavy (non-hydrogen) atoms. The van der Waals surface area contributed by atoms with Gasteiger partial charge in [-0.05, 0) is 32.6 Å². The number of hydrogen-bond acceptors (Lipinski definition) is 3. The Hall–Kier alpha value is -0.320. The van der Waals surface area contributed by atoms with Crippen LogP contribution in [0.3, 0.4) is 0 Å². The van der Waals surface area contributed by atoms with Gasteiger partial charge in [-0.1, -0.05) is 0 Å². The maximum Gasteiger partial charge on any atom is 0.332 e. The maximum absolute atomic E-state index is 10.5. The van der Waals surface area contributed by atoms with Crippen molar-refractivity contribution in [3.05, 3.63) is 0 Å². The van der Waals surface area contributed by atoms with E-state index in [1.54, 1.807) is 6.92 Å². The number of carbonyl (C=O) groups is 1. The molecule has 4 nitrogen and oxygen atoms in total. The first-order valence-corrected chi connectivity index (χ1v) is 4.73. The quantitative estimate of drug-likeness (QED) is 0.754. The van der Waals surface area contributed by atoms with Crippen molar-refractivity contribution in [1.82, 2.24) is 0 Å². The average molecular weight is 224 g/mol. The lowest BCUT2D eigenvalue weighted by atomic mass is 9.93. The first-order chi connectivity index (χ1) is 6.09. The third kappa shape index (κ3) is 4.26. The van der Waals surface area contributed by atoms with Crippen LogP contribution >= 0.6 is 12.4 Å². The van der Waals surface area contributed by atoms with Gasteiger partial charge in [-0.2, -0.15) is 0 Å². The first-order valence-electron chi connectivity index (χ1n) is 4.73. The summed E-state index contributed by atoms with van der Waals surface area (Å²) in [6, 6.07) is 0.278. The average Bonchev–Trinajstić information content (AvgIpc) is 2.08. The molecule has 0 saturated heterocycles. The van der Waals surface area contributed by atoms with E-state index in [1.807, 2.05) is 0 Å². The highest BCUT2D eigenvalue weighted by Gasteiger charge is 2.23. The smallest absolute Gasteiger partial charge is 0.332 e. The Labute approximate surface area is 90.2 Å². The van der Waals surface area contributed by atoms with Gasteiger partial charge in [-0.15, -0.1) is 12.4 Å². The van der Waals surface area contributed by atoms with Crippen LogP contribution in [0.25, 0.3) is 0 Å². The number of halogens is 1. The lowest BCUT2D eigenvalue weighted by molar-refractivity contribution is -0.153. The Bertz CT molecular complexity index is 181. The molecular weight excluding hydrogens is 206 g/mol. The van der Waals surface area contributed by atoms with E-state index >= 15 is 0 Å². The summed E-state index contributed by atoms with van der Waals surface area (Å²) >= 11 is 0. The molecule has 0 aromatic carbocycles.